The third kappa shape index (κ3) is 2.88. The SMILES string of the molecule is CCN1CCC(c2cc(=O)c3ccc4[nH]c(C(F)(F)F)nc4c3o2)CC1. The van der Waals surface area contributed by atoms with Gasteiger partial charge in [-0.2, -0.15) is 13.2 Å². The third-order valence-corrected chi connectivity index (χ3v) is 5.07. The molecular formula is C18H18F3N3O2. The summed E-state index contributed by atoms with van der Waals surface area (Å²) in [6.45, 7) is 4.90. The van der Waals surface area contributed by atoms with Crippen molar-refractivity contribution in [2.75, 3.05) is 19.6 Å². The van der Waals surface area contributed by atoms with Crippen molar-refractivity contribution < 1.29 is 17.6 Å². The first kappa shape index (κ1) is 17.1. The van der Waals surface area contributed by atoms with E-state index < -0.39 is 12.0 Å². The van der Waals surface area contributed by atoms with Gasteiger partial charge in [0.25, 0.3) is 0 Å². The molecular weight excluding hydrogens is 347 g/mol. The van der Waals surface area contributed by atoms with Crippen LogP contribution in [0.4, 0.5) is 13.2 Å². The second-order valence-electron chi connectivity index (χ2n) is 6.64. The Bertz CT molecular complexity index is 1010. The molecule has 5 nitrogen and oxygen atoms in total. The summed E-state index contributed by atoms with van der Waals surface area (Å²) < 4.78 is 44.8. The number of piperidine rings is 1. The van der Waals surface area contributed by atoms with E-state index >= 15 is 0 Å². The summed E-state index contributed by atoms with van der Waals surface area (Å²) >= 11 is 0. The lowest BCUT2D eigenvalue weighted by atomic mass is 9.93. The Morgan fingerprint density at radius 1 is 1.31 bits per heavy atom. The van der Waals surface area contributed by atoms with Gasteiger partial charge in [0.2, 0.25) is 5.82 Å². The average Bonchev–Trinajstić information content (AvgIpc) is 3.07. The van der Waals surface area contributed by atoms with Crippen molar-refractivity contribution in [1.29, 1.82) is 0 Å². The van der Waals surface area contributed by atoms with Gasteiger partial charge >= 0.3 is 6.18 Å². The number of nitrogens with zero attached hydrogens (tertiary/aromatic N) is 2. The zero-order valence-corrected chi connectivity index (χ0v) is 14.2. The number of fused-ring (bicyclic) bond motifs is 3. The Balaban J connectivity index is 1.83. The Morgan fingerprint density at radius 2 is 2.04 bits per heavy atom. The normalized spacial score (nSPS) is 17.4. The van der Waals surface area contributed by atoms with Gasteiger partial charge in [0.1, 0.15) is 11.3 Å². The number of aromatic amines is 1. The molecule has 0 aliphatic carbocycles. The molecule has 1 N–H and O–H groups in total. The van der Waals surface area contributed by atoms with E-state index in [-0.39, 0.29) is 33.3 Å². The largest absolute Gasteiger partial charge is 0.458 e. The molecule has 1 saturated heterocycles. The van der Waals surface area contributed by atoms with Crippen LogP contribution in [0.2, 0.25) is 0 Å². The van der Waals surface area contributed by atoms with E-state index in [2.05, 4.69) is 21.8 Å². The Kier molecular flexibility index (Phi) is 4.02. The van der Waals surface area contributed by atoms with Crippen LogP contribution in [0.25, 0.3) is 22.0 Å². The maximum Gasteiger partial charge on any atom is 0.449 e. The van der Waals surface area contributed by atoms with E-state index in [0.29, 0.717) is 5.76 Å². The van der Waals surface area contributed by atoms with Gasteiger partial charge in [0, 0.05) is 12.0 Å². The molecule has 1 fully saturated rings. The fourth-order valence-electron chi connectivity index (χ4n) is 3.57. The van der Waals surface area contributed by atoms with Crippen LogP contribution in [-0.4, -0.2) is 34.5 Å². The molecule has 1 aromatic carbocycles. The van der Waals surface area contributed by atoms with Gasteiger partial charge < -0.3 is 14.3 Å². The minimum Gasteiger partial charge on any atom is -0.458 e. The lowest BCUT2D eigenvalue weighted by Gasteiger charge is -2.30. The quantitative estimate of drug-likeness (QED) is 0.748. The molecule has 3 aromatic rings. The summed E-state index contributed by atoms with van der Waals surface area (Å²) in [6, 6.07) is 4.37. The number of nitrogens with one attached hydrogen (secondary N) is 1. The number of H-pyrrole nitrogens is 1. The first-order valence-electron chi connectivity index (χ1n) is 8.63. The van der Waals surface area contributed by atoms with Gasteiger partial charge in [-0.25, -0.2) is 4.98 Å². The molecule has 2 aromatic heterocycles. The van der Waals surface area contributed by atoms with Crippen LogP contribution in [0.3, 0.4) is 0 Å². The zero-order chi connectivity index (χ0) is 18.5. The highest BCUT2D eigenvalue weighted by Crippen LogP contribution is 2.33. The monoisotopic (exact) mass is 365 g/mol. The molecule has 1 aliphatic heterocycles. The Hall–Kier alpha value is -2.35. The van der Waals surface area contributed by atoms with Crippen molar-refractivity contribution in [3.63, 3.8) is 0 Å². The van der Waals surface area contributed by atoms with Crippen molar-refractivity contribution in [3.8, 4) is 0 Å². The highest BCUT2D eigenvalue weighted by molar-refractivity contribution is 6.00. The molecule has 0 spiro atoms. The summed E-state index contributed by atoms with van der Waals surface area (Å²) in [5, 5.41) is 0.243. The molecule has 0 bridgehead atoms. The zero-order valence-electron chi connectivity index (χ0n) is 14.2. The van der Waals surface area contributed by atoms with E-state index in [1.807, 2.05) is 0 Å². The predicted molar refractivity (Wildman–Crippen MR) is 91.2 cm³/mol. The second-order valence-corrected chi connectivity index (χ2v) is 6.64. The number of alkyl halides is 3. The van der Waals surface area contributed by atoms with Crippen LogP contribution >= 0.6 is 0 Å². The molecule has 0 atom stereocenters. The first-order valence-corrected chi connectivity index (χ1v) is 8.63. The summed E-state index contributed by atoms with van der Waals surface area (Å²) in [5.74, 6) is -0.474. The van der Waals surface area contributed by atoms with Gasteiger partial charge in [-0.15, -0.1) is 0 Å². The van der Waals surface area contributed by atoms with Gasteiger partial charge in [-0.1, -0.05) is 6.92 Å². The smallest absolute Gasteiger partial charge is 0.449 e. The topological polar surface area (TPSA) is 62.1 Å². The number of hydrogen-bond acceptors (Lipinski definition) is 4. The van der Waals surface area contributed by atoms with E-state index in [1.165, 1.54) is 18.2 Å². The standard InChI is InChI=1S/C18H18F3N3O2/c1-2-24-7-5-10(6-8-24)14-9-13(25)11-3-4-12-15(16(11)26-14)23-17(22-12)18(19,20)21/h3-4,9-10H,2,5-8H2,1H3,(H,22,23). The van der Waals surface area contributed by atoms with E-state index in [4.69, 9.17) is 4.42 Å². The fourth-order valence-corrected chi connectivity index (χ4v) is 3.57. The maximum atomic E-state index is 13.0. The van der Waals surface area contributed by atoms with Crippen LogP contribution in [0.1, 0.15) is 37.3 Å². The highest BCUT2D eigenvalue weighted by atomic mass is 19.4. The van der Waals surface area contributed by atoms with E-state index in [9.17, 15) is 18.0 Å². The van der Waals surface area contributed by atoms with Crippen molar-refractivity contribution in [1.82, 2.24) is 14.9 Å². The molecule has 3 heterocycles. The maximum absolute atomic E-state index is 13.0. The number of rotatable bonds is 2. The van der Waals surface area contributed by atoms with Crippen molar-refractivity contribution in [2.45, 2.75) is 31.9 Å². The van der Waals surface area contributed by atoms with Crippen molar-refractivity contribution in [2.24, 2.45) is 0 Å². The predicted octanol–water partition coefficient (Wildman–Crippen LogP) is 3.89. The molecule has 26 heavy (non-hydrogen) atoms. The molecule has 1 aliphatic rings. The second kappa shape index (κ2) is 6.12. The lowest BCUT2D eigenvalue weighted by molar-refractivity contribution is -0.144. The summed E-state index contributed by atoms with van der Waals surface area (Å²) in [4.78, 5) is 20.7. The average molecular weight is 365 g/mol. The molecule has 0 radical (unpaired) electrons. The number of hydrogen-bond donors (Lipinski definition) is 1. The van der Waals surface area contributed by atoms with Gasteiger partial charge in [-0.05, 0) is 44.6 Å². The summed E-state index contributed by atoms with van der Waals surface area (Å²) in [7, 11) is 0. The number of imidazole rings is 1. The van der Waals surface area contributed by atoms with E-state index in [0.717, 1.165) is 32.5 Å². The molecule has 4 rings (SSSR count). The lowest BCUT2D eigenvalue weighted by Crippen LogP contribution is -2.32. The van der Waals surface area contributed by atoms with Gasteiger partial charge in [0.05, 0.1) is 10.9 Å². The minimum absolute atomic E-state index is 0.0415. The number of benzene rings is 1. The van der Waals surface area contributed by atoms with E-state index in [1.54, 1.807) is 0 Å². The molecule has 8 heteroatoms. The van der Waals surface area contributed by atoms with Crippen LogP contribution in [0, 0.1) is 0 Å². The van der Waals surface area contributed by atoms with Gasteiger partial charge in [0.15, 0.2) is 11.0 Å². The van der Waals surface area contributed by atoms with Crippen LogP contribution in [-0.2, 0) is 6.18 Å². The molecule has 0 amide bonds. The molecule has 0 saturated carbocycles. The van der Waals surface area contributed by atoms with Crippen molar-refractivity contribution in [3.05, 3.63) is 40.0 Å². The van der Waals surface area contributed by atoms with Gasteiger partial charge in [-0.3, -0.25) is 4.79 Å². The summed E-state index contributed by atoms with van der Waals surface area (Å²) in [6.07, 6.45) is -2.88. The highest BCUT2D eigenvalue weighted by Gasteiger charge is 2.35. The van der Waals surface area contributed by atoms with Crippen LogP contribution < -0.4 is 5.43 Å². The Labute approximate surface area is 146 Å². The number of aromatic nitrogens is 2. The number of halogens is 3. The number of likely N-dealkylation sites (tertiary alicyclic amines) is 1. The molecule has 0 unspecified atom stereocenters. The fraction of sp³-hybridized carbons (Fsp3) is 0.444. The first-order chi connectivity index (χ1) is 12.4. The third-order valence-electron chi connectivity index (χ3n) is 5.07. The molecule has 138 valence electrons. The summed E-state index contributed by atoms with van der Waals surface area (Å²) in [5.41, 5.74) is 0.109. The Morgan fingerprint density at radius 3 is 2.69 bits per heavy atom. The van der Waals surface area contributed by atoms with Crippen LogP contribution in [0.15, 0.2) is 27.4 Å². The van der Waals surface area contributed by atoms with Crippen molar-refractivity contribution >= 4 is 22.0 Å². The van der Waals surface area contributed by atoms with Crippen LogP contribution in [0.5, 0.6) is 0 Å². The minimum atomic E-state index is -4.59.